The van der Waals surface area contributed by atoms with Crippen molar-refractivity contribution in [2.75, 3.05) is 13.9 Å². The number of hydrogen-bond acceptors (Lipinski definition) is 7. The molecule has 0 spiro atoms. The highest BCUT2D eigenvalue weighted by Crippen LogP contribution is 2.48. The summed E-state index contributed by atoms with van der Waals surface area (Å²) in [6.07, 6.45) is 0.825. The molecule has 0 saturated carbocycles. The summed E-state index contributed by atoms with van der Waals surface area (Å²) < 4.78 is 21.8. The first-order chi connectivity index (χ1) is 13.1. The maximum atomic E-state index is 12.9. The second-order valence-corrected chi connectivity index (χ2v) is 6.70. The Morgan fingerprint density at radius 3 is 2.74 bits per heavy atom. The number of fused-ring (bicyclic) bond motifs is 4. The zero-order valence-electron chi connectivity index (χ0n) is 14.4. The molecule has 0 radical (unpaired) electrons. The molecule has 1 unspecified atom stereocenters. The van der Waals surface area contributed by atoms with E-state index in [2.05, 4.69) is 0 Å². The molecule has 0 saturated heterocycles. The Morgan fingerprint density at radius 1 is 1.11 bits per heavy atom. The Hall–Kier alpha value is -3.35. The van der Waals surface area contributed by atoms with Gasteiger partial charge in [-0.25, -0.2) is 0 Å². The highest BCUT2D eigenvalue weighted by Gasteiger charge is 2.34. The van der Waals surface area contributed by atoms with E-state index in [0.717, 1.165) is 5.56 Å². The molecular weight excluding hydrogens is 352 g/mol. The van der Waals surface area contributed by atoms with E-state index in [0.29, 0.717) is 41.1 Å². The summed E-state index contributed by atoms with van der Waals surface area (Å²) in [6.45, 7) is 0.197. The Bertz CT molecular complexity index is 1100. The number of ether oxygens (including phenoxy) is 3. The van der Waals surface area contributed by atoms with Crippen LogP contribution in [-0.2, 0) is 6.42 Å². The summed E-state index contributed by atoms with van der Waals surface area (Å²) in [7, 11) is 1.37. The minimum Gasteiger partial charge on any atom is -0.504 e. The molecule has 1 atom stereocenters. The molecule has 2 aliphatic rings. The first kappa shape index (κ1) is 15.9. The van der Waals surface area contributed by atoms with Crippen molar-refractivity contribution in [2.45, 2.75) is 18.8 Å². The number of methoxy groups -OCH3 is 1. The molecular formula is C20H16O7. The number of carbonyl (C=O) groups is 1. The molecule has 0 bridgehead atoms. The van der Waals surface area contributed by atoms with Crippen molar-refractivity contribution in [3.8, 4) is 28.7 Å². The first-order valence-corrected chi connectivity index (χ1v) is 8.54. The van der Waals surface area contributed by atoms with Gasteiger partial charge in [-0.3, -0.25) is 4.79 Å². The second-order valence-electron chi connectivity index (χ2n) is 6.70. The van der Waals surface area contributed by atoms with Gasteiger partial charge in [-0.2, -0.15) is 0 Å². The maximum absolute atomic E-state index is 12.9. The van der Waals surface area contributed by atoms with Crippen LogP contribution in [0.3, 0.4) is 0 Å². The maximum Gasteiger partial charge on any atom is 0.231 e. The summed E-state index contributed by atoms with van der Waals surface area (Å²) in [6, 6.07) is 7.01. The molecule has 2 N–H and O–H groups in total. The normalized spacial score (nSPS) is 18.0. The van der Waals surface area contributed by atoms with Gasteiger partial charge in [0.05, 0.1) is 12.7 Å². The average molecular weight is 368 g/mol. The van der Waals surface area contributed by atoms with Gasteiger partial charge in [0.1, 0.15) is 5.76 Å². The Labute approximate surface area is 153 Å². The number of hydrogen-bond donors (Lipinski definition) is 2. The summed E-state index contributed by atoms with van der Waals surface area (Å²) >= 11 is 0. The van der Waals surface area contributed by atoms with E-state index < -0.39 is 5.75 Å². The molecule has 3 aromatic rings. The standard InChI is InChI=1S/C20H16O7/c1-24-20-18(23)13(22)7-11-17-12(21)4-10(6-16(17)27-19(11)20)9-2-3-14-15(5-9)26-8-25-14/h2-3,5,7,10,22-23H,4,6,8H2,1H3. The van der Waals surface area contributed by atoms with Crippen molar-refractivity contribution in [1.82, 2.24) is 0 Å². The molecule has 2 aromatic carbocycles. The zero-order valence-corrected chi connectivity index (χ0v) is 14.4. The van der Waals surface area contributed by atoms with Crippen molar-refractivity contribution in [3.63, 3.8) is 0 Å². The van der Waals surface area contributed by atoms with E-state index in [9.17, 15) is 15.0 Å². The number of carbonyl (C=O) groups excluding carboxylic acids is 1. The van der Waals surface area contributed by atoms with E-state index in [-0.39, 0.29) is 35.6 Å². The van der Waals surface area contributed by atoms with Crippen LogP contribution in [0.5, 0.6) is 28.7 Å². The number of furan rings is 1. The molecule has 27 heavy (non-hydrogen) atoms. The molecule has 1 aromatic heterocycles. The molecule has 7 nitrogen and oxygen atoms in total. The van der Waals surface area contributed by atoms with Gasteiger partial charge in [0.15, 0.2) is 28.6 Å². The molecule has 0 amide bonds. The van der Waals surface area contributed by atoms with Crippen LogP contribution in [-0.4, -0.2) is 29.9 Å². The topological polar surface area (TPSA) is 98.4 Å². The van der Waals surface area contributed by atoms with Crippen molar-refractivity contribution >= 4 is 16.8 Å². The summed E-state index contributed by atoms with van der Waals surface area (Å²) in [5.74, 6) is 1.01. The fraction of sp³-hybridized carbons (Fsp3) is 0.250. The Morgan fingerprint density at radius 2 is 1.93 bits per heavy atom. The van der Waals surface area contributed by atoms with E-state index in [1.54, 1.807) is 0 Å². The van der Waals surface area contributed by atoms with Gasteiger partial charge in [-0.05, 0) is 29.7 Å². The highest BCUT2D eigenvalue weighted by atomic mass is 16.7. The van der Waals surface area contributed by atoms with Crippen LogP contribution in [0.2, 0.25) is 0 Å². The third kappa shape index (κ3) is 2.24. The van der Waals surface area contributed by atoms with Crippen molar-refractivity contribution in [1.29, 1.82) is 0 Å². The van der Waals surface area contributed by atoms with Crippen LogP contribution in [0.25, 0.3) is 11.0 Å². The minimum atomic E-state index is -0.407. The quantitative estimate of drug-likeness (QED) is 0.668. The number of ketones is 1. The SMILES string of the molecule is COc1c(O)c(O)cc2c3c(oc12)CC(c1ccc2c(c1)OCO2)CC3=O. The van der Waals surface area contributed by atoms with Crippen LogP contribution >= 0.6 is 0 Å². The third-order valence-electron chi connectivity index (χ3n) is 5.18. The van der Waals surface area contributed by atoms with E-state index >= 15 is 0 Å². The lowest BCUT2D eigenvalue weighted by molar-refractivity contribution is 0.0962. The lowest BCUT2D eigenvalue weighted by atomic mass is 9.82. The highest BCUT2D eigenvalue weighted by molar-refractivity contribution is 6.11. The predicted molar refractivity (Wildman–Crippen MR) is 94.1 cm³/mol. The van der Waals surface area contributed by atoms with E-state index in [4.69, 9.17) is 18.6 Å². The summed E-state index contributed by atoms with van der Waals surface area (Å²) in [5, 5.41) is 20.4. The van der Waals surface area contributed by atoms with Gasteiger partial charge >= 0.3 is 0 Å². The third-order valence-corrected chi connectivity index (χ3v) is 5.18. The van der Waals surface area contributed by atoms with Crippen LogP contribution in [0, 0.1) is 0 Å². The largest absolute Gasteiger partial charge is 0.504 e. The van der Waals surface area contributed by atoms with E-state index in [1.807, 2.05) is 18.2 Å². The van der Waals surface area contributed by atoms with Gasteiger partial charge in [-0.1, -0.05) is 6.07 Å². The van der Waals surface area contributed by atoms with Gasteiger partial charge in [0.2, 0.25) is 18.3 Å². The smallest absolute Gasteiger partial charge is 0.231 e. The fourth-order valence-corrected chi connectivity index (χ4v) is 3.89. The number of aromatic hydroxyl groups is 2. The molecule has 5 rings (SSSR count). The van der Waals surface area contributed by atoms with Crippen LogP contribution in [0.15, 0.2) is 28.7 Å². The number of Topliss-reactive ketones (excluding diaryl/α,β-unsaturated/α-hetero) is 1. The first-order valence-electron chi connectivity index (χ1n) is 8.54. The zero-order chi connectivity index (χ0) is 18.7. The summed E-state index contributed by atoms with van der Waals surface area (Å²) in [4.78, 5) is 12.9. The predicted octanol–water partition coefficient (Wildman–Crippen LogP) is 3.49. The fourth-order valence-electron chi connectivity index (χ4n) is 3.89. The number of rotatable bonds is 2. The number of phenolic OH excluding ortho intramolecular Hbond substituents is 2. The van der Waals surface area contributed by atoms with Gasteiger partial charge < -0.3 is 28.8 Å². The number of phenols is 2. The minimum absolute atomic E-state index is 0.0202. The van der Waals surface area contributed by atoms with Crippen LogP contribution < -0.4 is 14.2 Å². The average Bonchev–Trinajstić information content (AvgIpc) is 3.26. The summed E-state index contributed by atoms with van der Waals surface area (Å²) in [5.41, 5.74) is 1.67. The molecule has 2 heterocycles. The van der Waals surface area contributed by atoms with Gasteiger partial charge in [0.25, 0.3) is 0 Å². The van der Waals surface area contributed by atoms with Crippen LogP contribution in [0.4, 0.5) is 0 Å². The Kier molecular flexibility index (Phi) is 3.28. The van der Waals surface area contributed by atoms with E-state index in [1.165, 1.54) is 13.2 Å². The molecule has 7 heteroatoms. The Balaban J connectivity index is 1.60. The second kappa shape index (κ2) is 5.57. The lowest BCUT2D eigenvalue weighted by Crippen LogP contribution is -2.17. The monoisotopic (exact) mass is 368 g/mol. The number of benzene rings is 2. The van der Waals surface area contributed by atoms with Crippen molar-refractivity contribution in [3.05, 3.63) is 41.2 Å². The molecule has 0 fully saturated rings. The van der Waals surface area contributed by atoms with Gasteiger partial charge in [0, 0.05) is 18.2 Å². The van der Waals surface area contributed by atoms with Gasteiger partial charge in [-0.15, -0.1) is 0 Å². The molecule has 1 aliphatic heterocycles. The van der Waals surface area contributed by atoms with Crippen molar-refractivity contribution < 1.29 is 33.6 Å². The molecule has 138 valence electrons. The van der Waals surface area contributed by atoms with Crippen LogP contribution in [0.1, 0.15) is 34.0 Å². The molecule has 1 aliphatic carbocycles. The van der Waals surface area contributed by atoms with Crippen molar-refractivity contribution in [2.24, 2.45) is 0 Å². The lowest BCUT2D eigenvalue weighted by Gasteiger charge is -2.21.